The quantitative estimate of drug-likeness (QED) is 0.0674. The molecule has 3 N–H and O–H groups in total. The van der Waals surface area contributed by atoms with E-state index >= 15 is 0 Å². The van der Waals surface area contributed by atoms with Crippen LogP contribution in [-0.2, 0) is 51.7 Å². The Morgan fingerprint density at radius 2 is 1.46 bits per heavy atom. The maximum absolute atomic E-state index is 11.8. The summed E-state index contributed by atoms with van der Waals surface area (Å²) in [5, 5.41) is 7.66. The van der Waals surface area contributed by atoms with Gasteiger partial charge in [-0.1, -0.05) is 0 Å². The van der Waals surface area contributed by atoms with Crippen molar-refractivity contribution in [2.75, 3.05) is 52.7 Å². The SMILES string of the molecule is CC(=O)OC[C@H](COP(=O)([O-])OCCNC(=O)OCCOCCNC(=O)CCCC(=O)NC(C)C)OC(C)=O. The van der Waals surface area contributed by atoms with E-state index in [1.54, 1.807) is 0 Å². The third-order valence-corrected chi connectivity index (χ3v) is 5.10. The summed E-state index contributed by atoms with van der Waals surface area (Å²) in [5.41, 5.74) is 0. The molecule has 0 heterocycles. The minimum atomic E-state index is -4.80. The number of hydrogen-bond donors (Lipinski definition) is 3. The van der Waals surface area contributed by atoms with Gasteiger partial charge >= 0.3 is 18.0 Å². The molecule has 0 bridgehead atoms. The molecule has 0 rings (SSSR count). The molecule has 0 aromatic rings. The Balaban J connectivity index is 3.84. The number of esters is 2. The number of hydrogen-bond acceptors (Lipinski definition) is 13. The summed E-state index contributed by atoms with van der Waals surface area (Å²) in [6.45, 7) is 4.63. The Labute approximate surface area is 227 Å². The van der Waals surface area contributed by atoms with Gasteiger partial charge in [-0.25, -0.2) is 4.79 Å². The van der Waals surface area contributed by atoms with Crippen LogP contribution in [-0.4, -0.2) is 94.7 Å². The summed E-state index contributed by atoms with van der Waals surface area (Å²) in [6.07, 6.45) is -1.06. The summed E-state index contributed by atoms with van der Waals surface area (Å²) in [4.78, 5) is 68.5. The standard InChI is InChI=1S/C22H40N3O13P/c1-16(2)25-21(29)7-5-6-20(28)23-8-10-33-12-13-34-22(30)24-9-11-36-39(31,32)37-15-19(38-18(4)27)14-35-17(3)26/h16,19H,5-15H2,1-4H3,(H,23,28)(H,24,30)(H,25,29)(H,31,32)/p-1/t19-/m1/s1. The Morgan fingerprint density at radius 3 is 2.10 bits per heavy atom. The van der Waals surface area contributed by atoms with Crippen molar-refractivity contribution >= 4 is 37.7 Å². The minimum absolute atomic E-state index is 0.0555. The molecule has 226 valence electrons. The van der Waals surface area contributed by atoms with Crippen LogP contribution in [0.15, 0.2) is 0 Å². The van der Waals surface area contributed by atoms with Crippen LogP contribution >= 0.6 is 7.82 Å². The number of alkyl carbamates (subject to hydrolysis) is 1. The van der Waals surface area contributed by atoms with Crippen molar-refractivity contribution in [3.8, 4) is 0 Å². The molecule has 0 spiro atoms. The molecule has 0 saturated heterocycles. The molecule has 3 amide bonds. The summed E-state index contributed by atoms with van der Waals surface area (Å²) in [5.74, 6) is -1.68. The molecule has 0 aliphatic heterocycles. The zero-order chi connectivity index (χ0) is 29.7. The van der Waals surface area contributed by atoms with Crippen LogP contribution in [0.25, 0.3) is 0 Å². The largest absolute Gasteiger partial charge is 0.756 e. The van der Waals surface area contributed by atoms with E-state index in [0.29, 0.717) is 6.42 Å². The third-order valence-electron chi connectivity index (χ3n) is 4.13. The van der Waals surface area contributed by atoms with Crippen molar-refractivity contribution in [3.63, 3.8) is 0 Å². The Bertz CT molecular complexity index is 825. The second kappa shape index (κ2) is 21.1. The van der Waals surface area contributed by atoms with Gasteiger partial charge in [0, 0.05) is 45.8 Å². The lowest BCUT2D eigenvalue weighted by molar-refractivity contribution is -0.228. The second-order valence-corrected chi connectivity index (χ2v) is 9.62. The first kappa shape index (κ1) is 36.2. The Kier molecular flexibility index (Phi) is 19.6. The van der Waals surface area contributed by atoms with Crippen molar-refractivity contribution in [2.45, 2.75) is 59.1 Å². The molecule has 39 heavy (non-hydrogen) atoms. The fraction of sp³-hybridized carbons (Fsp3) is 0.773. The minimum Gasteiger partial charge on any atom is -0.756 e. The van der Waals surface area contributed by atoms with Gasteiger partial charge in [-0.05, 0) is 20.3 Å². The summed E-state index contributed by atoms with van der Waals surface area (Å²) >= 11 is 0. The molecular formula is C22H39N3O13P-. The van der Waals surface area contributed by atoms with E-state index in [1.807, 2.05) is 13.8 Å². The number of carbonyl (C=O) groups is 5. The number of carbonyl (C=O) groups excluding carboxylic acids is 5. The topological polar surface area (TPSA) is 217 Å². The van der Waals surface area contributed by atoms with Crippen LogP contribution in [0.5, 0.6) is 0 Å². The van der Waals surface area contributed by atoms with E-state index in [4.69, 9.17) is 14.2 Å². The van der Waals surface area contributed by atoms with Gasteiger partial charge in [0.1, 0.15) is 13.2 Å². The first-order chi connectivity index (χ1) is 18.3. The van der Waals surface area contributed by atoms with Gasteiger partial charge in [0.2, 0.25) is 11.8 Å². The van der Waals surface area contributed by atoms with Crippen LogP contribution in [0.1, 0.15) is 47.0 Å². The lowest BCUT2D eigenvalue weighted by Crippen LogP contribution is -2.31. The van der Waals surface area contributed by atoms with Gasteiger partial charge in [0.15, 0.2) is 6.10 Å². The molecule has 0 radical (unpaired) electrons. The average Bonchev–Trinajstić information content (AvgIpc) is 2.82. The summed E-state index contributed by atoms with van der Waals surface area (Å²) < 4.78 is 40.5. The number of nitrogens with one attached hydrogen (secondary N) is 3. The molecule has 0 fully saturated rings. The maximum atomic E-state index is 11.8. The fourth-order valence-electron chi connectivity index (χ4n) is 2.58. The second-order valence-electron chi connectivity index (χ2n) is 8.21. The van der Waals surface area contributed by atoms with E-state index in [1.165, 1.54) is 0 Å². The van der Waals surface area contributed by atoms with Crippen LogP contribution in [0.3, 0.4) is 0 Å². The van der Waals surface area contributed by atoms with Gasteiger partial charge < -0.3 is 48.8 Å². The lowest BCUT2D eigenvalue weighted by atomic mass is 10.2. The molecule has 0 aromatic heterocycles. The molecule has 0 aromatic carbocycles. The van der Waals surface area contributed by atoms with Crippen LogP contribution < -0.4 is 20.8 Å². The molecule has 2 atom stereocenters. The summed E-state index contributed by atoms with van der Waals surface area (Å²) in [6, 6.07) is 0.0555. The van der Waals surface area contributed by atoms with Gasteiger partial charge in [-0.15, -0.1) is 0 Å². The van der Waals surface area contributed by atoms with Gasteiger partial charge in [0.25, 0.3) is 7.82 Å². The van der Waals surface area contributed by atoms with E-state index in [2.05, 4.69) is 29.7 Å². The highest BCUT2D eigenvalue weighted by Gasteiger charge is 2.19. The first-order valence-electron chi connectivity index (χ1n) is 12.3. The highest BCUT2D eigenvalue weighted by molar-refractivity contribution is 7.45. The lowest BCUT2D eigenvalue weighted by Gasteiger charge is -2.25. The molecule has 0 saturated carbocycles. The number of rotatable bonds is 21. The predicted molar refractivity (Wildman–Crippen MR) is 132 cm³/mol. The normalized spacial score (nSPS) is 13.1. The Hall–Kier alpha value is -2.78. The van der Waals surface area contributed by atoms with Gasteiger partial charge in [-0.2, -0.15) is 0 Å². The van der Waals surface area contributed by atoms with Crippen molar-refractivity contribution < 1.29 is 61.4 Å². The van der Waals surface area contributed by atoms with E-state index in [0.717, 1.165) is 13.8 Å². The van der Waals surface area contributed by atoms with E-state index in [9.17, 15) is 33.4 Å². The highest BCUT2D eigenvalue weighted by Crippen LogP contribution is 2.38. The molecule has 0 aliphatic carbocycles. The number of phosphoric ester groups is 1. The van der Waals surface area contributed by atoms with Crippen molar-refractivity contribution in [1.29, 1.82) is 0 Å². The van der Waals surface area contributed by atoms with Crippen molar-refractivity contribution in [1.82, 2.24) is 16.0 Å². The number of ether oxygens (including phenoxy) is 4. The fourth-order valence-corrected chi connectivity index (χ4v) is 3.32. The van der Waals surface area contributed by atoms with E-state index < -0.39 is 51.8 Å². The average molecular weight is 585 g/mol. The first-order valence-corrected chi connectivity index (χ1v) is 13.7. The Morgan fingerprint density at radius 1 is 0.795 bits per heavy atom. The highest BCUT2D eigenvalue weighted by atomic mass is 31.2. The molecule has 16 nitrogen and oxygen atoms in total. The zero-order valence-corrected chi connectivity index (χ0v) is 23.6. The smallest absolute Gasteiger partial charge is 0.407 e. The number of phosphoric acid groups is 1. The van der Waals surface area contributed by atoms with Crippen molar-refractivity contribution in [3.05, 3.63) is 0 Å². The van der Waals surface area contributed by atoms with Crippen LogP contribution in [0, 0.1) is 0 Å². The van der Waals surface area contributed by atoms with Crippen LogP contribution in [0.2, 0.25) is 0 Å². The van der Waals surface area contributed by atoms with Gasteiger partial charge in [-0.3, -0.25) is 23.7 Å². The molecule has 17 heteroatoms. The molecular weight excluding hydrogens is 545 g/mol. The van der Waals surface area contributed by atoms with Gasteiger partial charge in [0.05, 0.1) is 26.4 Å². The molecule has 1 unspecified atom stereocenters. The van der Waals surface area contributed by atoms with Crippen LogP contribution in [0.4, 0.5) is 4.79 Å². The third kappa shape index (κ3) is 24.0. The van der Waals surface area contributed by atoms with E-state index in [-0.39, 0.29) is 63.6 Å². The predicted octanol–water partition coefficient (Wildman–Crippen LogP) is -0.463. The summed E-state index contributed by atoms with van der Waals surface area (Å²) in [7, 11) is -4.80. The zero-order valence-electron chi connectivity index (χ0n) is 22.7. The van der Waals surface area contributed by atoms with Crippen molar-refractivity contribution in [2.24, 2.45) is 0 Å². The number of amides is 3. The maximum Gasteiger partial charge on any atom is 0.407 e. The monoisotopic (exact) mass is 584 g/mol. The molecule has 0 aliphatic rings.